The second kappa shape index (κ2) is 10.4. The molecule has 0 atom stereocenters. The highest BCUT2D eigenvalue weighted by Crippen LogP contribution is 2.27. The zero-order valence-electron chi connectivity index (χ0n) is 20.1. The number of hydrogen-bond donors (Lipinski definition) is 0. The van der Waals surface area contributed by atoms with Crippen LogP contribution in [0.3, 0.4) is 0 Å². The lowest BCUT2D eigenvalue weighted by Gasteiger charge is -2.26. The van der Waals surface area contributed by atoms with Crippen molar-refractivity contribution in [2.75, 3.05) is 31.1 Å². The lowest BCUT2D eigenvalue weighted by Crippen LogP contribution is -2.35. The van der Waals surface area contributed by atoms with Crippen molar-refractivity contribution in [3.8, 4) is 0 Å². The van der Waals surface area contributed by atoms with Crippen molar-refractivity contribution in [2.24, 2.45) is 0 Å². The van der Waals surface area contributed by atoms with Gasteiger partial charge in [0.25, 0.3) is 11.6 Å². The molecule has 0 aliphatic carbocycles. The van der Waals surface area contributed by atoms with Crippen molar-refractivity contribution in [3.05, 3.63) is 91.4 Å². The number of hydrogen-bond acceptors (Lipinski definition) is 6. The Morgan fingerprint density at radius 1 is 1.03 bits per heavy atom. The number of nitro benzene ring substituents is 1. The predicted octanol–water partition coefficient (Wildman–Crippen LogP) is 4.91. The largest absolute Gasteiger partial charge is 0.354 e. The van der Waals surface area contributed by atoms with E-state index in [9.17, 15) is 14.9 Å². The van der Waals surface area contributed by atoms with E-state index in [1.54, 1.807) is 4.90 Å². The van der Waals surface area contributed by atoms with Crippen molar-refractivity contribution in [2.45, 2.75) is 33.6 Å². The number of carbonyl (C=O) groups excluding carboxylic acids is 1. The van der Waals surface area contributed by atoms with Crippen molar-refractivity contribution >= 4 is 29.0 Å². The maximum Gasteiger partial charge on any atom is 0.288 e. The number of benzene rings is 2. The van der Waals surface area contributed by atoms with Gasteiger partial charge in [-0.3, -0.25) is 14.9 Å². The fraction of sp³-hybridized carbons (Fsp3) is 0.346. The number of amides is 1. The number of nitro groups is 1. The monoisotopic (exact) mass is 493 g/mol. The predicted molar refractivity (Wildman–Crippen MR) is 136 cm³/mol. The van der Waals surface area contributed by atoms with Crippen LogP contribution in [0.25, 0.3) is 0 Å². The van der Waals surface area contributed by atoms with E-state index in [0.29, 0.717) is 19.6 Å². The molecule has 0 bridgehead atoms. The lowest BCUT2D eigenvalue weighted by molar-refractivity contribution is -0.384. The average Bonchev–Trinajstić information content (AvgIpc) is 3.08. The Labute approximate surface area is 209 Å². The molecule has 182 valence electrons. The van der Waals surface area contributed by atoms with Gasteiger partial charge in [0, 0.05) is 55.5 Å². The van der Waals surface area contributed by atoms with Crippen molar-refractivity contribution in [1.82, 2.24) is 14.9 Å². The average molecular weight is 494 g/mol. The van der Waals surface area contributed by atoms with E-state index in [1.165, 1.54) is 29.3 Å². The molecule has 4 rings (SSSR count). The summed E-state index contributed by atoms with van der Waals surface area (Å²) in [4.78, 5) is 37.2. The van der Waals surface area contributed by atoms with Gasteiger partial charge in [-0.2, -0.15) is 0 Å². The molecule has 0 radical (unpaired) electrons. The third-order valence-electron chi connectivity index (χ3n) is 6.28. The first-order valence-electron chi connectivity index (χ1n) is 11.6. The number of aryl methyl sites for hydroxylation is 3. The van der Waals surface area contributed by atoms with E-state index in [-0.39, 0.29) is 22.2 Å². The summed E-state index contributed by atoms with van der Waals surface area (Å²) in [6.45, 7) is 8.39. The Morgan fingerprint density at radius 3 is 2.49 bits per heavy atom. The number of rotatable bonds is 5. The van der Waals surface area contributed by atoms with Crippen LogP contribution in [0, 0.1) is 30.9 Å². The summed E-state index contributed by atoms with van der Waals surface area (Å²) in [6.07, 6.45) is 1.49. The maximum atomic E-state index is 13.1. The van der Waals surface area contributed by atoms with E-state index in [2.05, 4.69) is 41.1 Å². The van der Waals surface area contributed by atoms with Gasteiger partial charge in [-0.25, -0.2) is 9.97 Å². The molecular formula is C26H28ClN5O3. The molecular weight excluding hydrogens is 466 g/mol. The molecule has 1 aliphatic rings. The van der Waals surface area contributed by atoms with Gasteiger partial charge in [-0.05, 0) is 44.9 Å². The van der Waals surface area contributed by atoms with Crippen LogP contribution < -0.4 is 4.90 Å². The highest BCUT2D eigenvalue weighted by molar-refractivity contribution is 6.32. The molecule has 8 nitrogen and oxygen atoms in total. The summed E-state index contributed by atoms with van der Waals surface area (Å²) in [6, 6.07) is 12.7. The van der Waals surface area contributed by atoms with Crippen LogP contribution in [0.15, 0.2) is 42.5 Å². The Balaban J connectivity index is 1.55. The van der Waals surface area contributed by atoms with Gasteiger partial charge < -0.3 is 9.80 Å². The second-order valence-electron chi connectivity index (χ2n) is 8.88. The molecule has 1 amide bonds. The molecule has 1 saturated heterocycles. The molecule has 0 spiro atoms. The van der Waals surface area contributed by atoms with Gasteiger partial charge in [0.1, 0.15) is 16.7 Å². The number of nitrogens with zero attached hydrogens (tertiary/aromatic N) is 5. The maximum absolute atomic E-state index is 13.1. The molecule has 3 aromatic rings. The SMILES string of the molecule is Cc1ccc(Cc2c(C)nc(C)nc2N2CCCN(C(=O)c3ccc(Cl)c([N+](=O)[O-])c3)CC2)cc1. The molecule has 9 heteroatoms. The zero-order chi connectivity index (χ0) is 25.1. The quantitative estimate of drug-likeness (QED) is 0.370. The van der Waals surface area contributed by atoms with Crippen LogP contribution in [-0.2, 0) is 6.42 Å². The van der Waals surface area contributed by atoms with Crippen LogP contribution >= 0.6 is 11.6 Å². The first kappa shape index (κ1) is 24.6. The van der Waals surface area contributed by atoms with Crippen molar-refractivity contribution in [1.29, 1.82) is 0 Å². The fourth-order valence-corrected chi connectivity index (χ4v) is 4.58. The molecule has 1 aliphatic heterocycles. The van der Waals surface area contributed by atoms with Gasteiger partial charge in [-0.1, -0.05) is 41.4 Å². The van der Waals surface area contributed by atoms with E-state index in [4.69, 9.17) is 16.6 Å². The van der Waals surface area contributed by atoms with Crippen molar-refractivity contribution < 1.29 is 9.72 Å². The number of anilines is 1. The third-order valence-corrected chi connectivity index (χ3v) is 6.60. The minimum atomic E-state index is -0.571. The highest BCUT2D eigenvalue weighted by atomic mass is 35.5. The Bertz CT molecular complexity index is 1260. The summed E-state index contributed by atoms with van der Waals surface area (Å²) in [5.74, 6) is 1.39. The van der Waals surface area contributed by atoms with Crippen LogP contribution in [-0.4, -0.2) is 51.9 Å². The molecule has 0 unspecified atom stereocenters. The smallest absolute Gasteiger partial charge is 0.288 e. The fourth-order valence-electron chi connectivity index (χ4n) is 4.40. The lowest BCUT2D eigenvalue weighted by atomic mass is 10.0. The molecule has 35 heavy (non-hydrogen) atoms. The van der Waals surface area contributed by atoms with Crippen molar-refractivity contribution in [3.63, 3.8) is 0 Å². The first-order valence-corrected chi connectivity index (χ1v) is 12.0. The van der Waals surface area contributed by atoms with Crippen LogP contribution in [0.5, 0.6) is 0 Å². The van der Waals surface area contributed by atoms with E-state index in [1.807, 2.05) is 13.8 Å². The van der Waals surface area contributed by atoms with Gasteiger partial charge in [0.05, 0.1) is 4.92 Å². The summed E-state index contributed by atoms with van der Waals surface area (Å²) < 4.78 is 0. The third kappa shape index (κ3) is 5.59. The van der Waals surface area contributed by atoms with E-state index >= 15 is 0 Å². The molecule has 1 aromatic heterocycles. The van der Waals surface area contributed by atoms with Crippen LogP contribution in [0.1, 0.15) is 45.0 Å². The minimum absolute atomic E-state index is 0.0178. The summed E-state index contributed by atoms with van der Waals surface area (Å²) in [7, 11) is 0. The Morgan fingerprint density at radius 2 is 1.77 bits per heavy atom. The first-order chi connectivity index (χ1) is 16.7. The molecule has 2 heterocycles. The topological polar surface area (TPSA) is 92.5 Å². The van der Waals surface area contributed by atoms with Gasteiger partial charge >= 0.3 is 0 Å². The van der Waals surface area contributed by atoms with E-state index in [0.717, 1.165) is 42.3 Å². The Hall–Kier alpha value is -3.52. The number of carbonyl (C=O) groups is 1. The number of aromatic nitrogens is 2. The Kier molecular flexibility index (Phi) is 7.31. The highest BCUT2D eigenvalue weighted by Gasteiger charge is 2.25. The minimum Gasteiger partial charge on any atom is -0.354 e. The standard InChI is InChI=1S/C26H28ClN5O3/c1-17-5-7-20(8-6-17)15-22-18(2)28-19(3)29-25(22)30-11-4-12-31(14-13-30)26(33)21-9-10-23(27)24(16-21)32(34)35/h5-10,16H,4,11-15H2,1-3H3. The summed E-state index contributed by atoms with van der Waals surface area (Å²) >= 11 is 5.92. The normalized spacial score (nSPS) is 14.1. The van der Waals surface area contributed by atoms with Crippen LogP contribution in [0.2, 0.25) is 5.02 Å². The van der Waals surface area contributed by atoms with Crippen LogP contribution in [0.4, 0.5) is 11.5 Å². The summed E-state index contributed by atoms with van der Waals surface area (Å²) in [5, 5.41) is 11.3. The molecule has 0 saturated carbocycles. The van der Waals surface area contributed by atoms with Gasteiger partial charge in [-0.15, -0.1) is 0 Å². The van der Waals surface area contributed by atoms with Gasteiger partial charge in [0.15, 0.2) is 0 Å². The van der Waals surface area contributed by atoms with Gasteiger partial charge in [0.2, 0.25) is 0 Å². The second-order valence-corrected chi connectivity index (χ2v) is 9.28. The van der Waals surface area contributed by atoms with E-state index < -0.39 is 4.92 Å². The molecule has 0 N–H and O–H groups in total. The molecule has 2 aromatic carbocycles. The summed E-state index contributed by atoms with van der Waals surface area (Å²) in [5.41, 5.74) is 4.47. The zero-order valence-corrected chi connectivity index (χ0v) is 20.9. The molecule has 1 fully saturated rings. The number of halogens is 1.